The highest BCUT2D eigenvalue weighted by Gasteiger charge is 2.43. The number of ether oxygens (including phenoxy) is 3. The van der Waals surface area contributed by atoms with Gasteiger partial charge in [-0.25, -0.2) is 0 Å². The molecule has 0 amide bonds. The van der Waals surface area contributed by atoms with Crippen molar-refractivity contribution in [2.75, 3.05) is 14.2 Å². The lowest BCUT2D eigenvalue weighted by Crippen LogP contribution is -2.33. The van der Waals surface area contributed by atoms with E-state index in [2.05, 4.69) is 35.3 Å². The van der Waals surface area contributed by atoms with Crippen molar-refractivity contribution in [3.63, 3.8) is 0 Å². The normalized spacial score (nSPS) is 13.6. The Labute approximate surface area is 155 Å². The van der Waals surface area contributed by atoms with E-state index in [1.165, 1.54) is 32.4 Å². The first-order valence-electron chi connectivity index (χ1n) is 7.56. The van der Waals surface area contributed by atoms with Gasteiger partial charge in [0.25, 0.3) is 0 Å². The van der Waals surface area contributed by atoms with Gasteiger partial charge in [-0.05, 0) is 12.1 Å². The molecule has 0 radical (unpaired) electrons. The molecule has 2 heterocycles. The second-order valence-corrected chi connectivity index (χ2v) is 5.30. The van der Waals surface area contributed by atoms with Crippen LogP contribution in [0.2, 0.25) is 0 Å². The summed E-state index contributed by atoms with van der Waals surface area (Å²) in [6.45, 7) is 0. The standard InChI is InChI=1S/C15H13F3N6O4/c1-26-10-7-11(27-2)20-12(19-10)14(25,13-21-23-24-22-13)8-4-3-5-9(6-8)28-15(16,17)18/h3-7,25H,1-2H3,(H,21,22,23,24). The molecule has 148 valence electrons. The van der Waals surface area contributed by atoms with Crippen molar-refractivity contribution < 1.29 is 32.5 Å². The van der Waals surface area contributed by atoms with E-state index in [-0.39, 0.29) is 29.0 Å². The number of hydrogen-bond donors (Lipinski definition) is 2. The first kappa shape index (κ1) is 19.3. The van der Waals surface area contributed by atoms with Gasteiger partial charge in [0, 0.05) is 5.56 Å². The molecule has 2 N–H and O–H groups in total. The minimum atomic E-state index is -4.92. The van der Waals surface area contributed by atoms with Crippen LogP contribution in [0.15, 0.2) is 30.3 Å². The van der Waals surface area contributed by atoms with Crippen molar-refractivity contribution in [1.29, 1.82) is 0 Å². The highest BCUT2D eigenvalue weighted by Crippen LogP contribution is 2.36. The van der Waals surface area contributed by atoms with E-state index in [1.807, 2.05) is 0 Å². The molecule has 0 spiro atoms. The number of halogens is 3. The van der Waals surface area contributed by atoms with E-state index in [1.54, 1.807) is 0 Å². The van der Waals surface area contributed by atoms with Gasteiger partial charge in [-0.15, -0.1) is 23.4 Å². The summed E-state index contributed by atoms with van der Waals surface area (Å²) in [5.41, 5.74) is -2.40. The zero-order valence-corrected chi connectivity index (χ0v) is 14.4. The summed E-state index contributed by atoms with van der Waals surface area (Å²) in [6, 6.07) is 5.96. The fourth-order valence-electron chi connectivity index (χ4n) is 2.37. The number of nitrogens with one attached hydrogen (secondary N) is 1. The molecule has 2 aromatic heterocycles. The molecule has 0 saturated heterocycles. The zero-order valence-electron chi connectivity index (χ0n) is 14.4. The Hall–Kier alpha value is -3.48. The number of nitrogens with zero attached hydrogens (tertiary/aromatic N) is 5. The van der Waals surface area contributed by atoms with Crippen LogP contribution in [-0.4, -0.2) is 56.3 Å². The summed E-state index contributed by atoms with van der Waals surface area (Å²) >= 11 is 0. The Kier molecular flexibility index (Phi) is 5.00. The largest absolute Gasteiger partial charge is 0.573 e. The molecular formula is C15H13F3N6O4. The monoisotopic (exact) mass is 398 g/mol. The second kappa shape index (κ2) is 7.26. The number of aromatic amines is 1. The highest BCUT2D eigenvalue weighted by atomic mass is 19.4. The van der Waals surface area contributed by atoms with E-state index < -0.39 is 17.7 Å². The van der Waals surface area contributed by atoms with Gasteiger partial charge in [0.1, 0.15) is 5.75 Å². The van der Waals surface area contributed by atoms with E-state index in [0.29, 0.717) is 0 Å². The van der Waals surface area contributed by atoms with Crippen molar-refractivity contribution in [1.82, 2.24) is 30.6 Å². The van der Waals surface area contributed by atoms with Crippen LogP contribution in [0.3, 0.4) is 0 Å². The Bertz CT molecular complexity index is 931. The molecule has 3 rings (SSSR count). The van der Waals surface area contributed by atoms with Crippen LogP contribution < -0.4 is 14.2 Å². The van der Waals surface area contributed by atoms with Crippen LogP contribution >= 0.6 is 0 Å². The number of rotatable bonds is 6. The molecular weight excluding hydrogens is 385 g/mol. The van der Waals surface area contributed by atoms with Gasteiger partial charge in [-0.1, -0.05) is 17.3 Å². The number of methoxy groups -OCH3 is 2. The number of aromatic nitrogens is 6. The van der Waals surface area contributed by atoms with Gasteiger partial charge in [0.05, 0.1) is 20.3 Å². The van der Waals surface area contributed by atoms with Gasteiger partial charge in [0.2, 0.25) is 23.2 Å². The Morgan fingerprint density at radius 1 is 1.00 bits per heavy atom. The number of tetrazole rings is 1. The summed E-state index contributed by atoms with van der Waals surface area (Å²) < 4.78 is 51.8. The fraction of sp³-hybridized carbons (Fsp3) is 0.267. The van der Waals surface area contributed by atoms with Gasteiger partial charge in [0.15, 0.2) is 5.82 Å². The van der Waals surface area contributed by atoms with Gasteiger partial charge in [-0.2, -0.15) is 15.2 Å². The van der Waals surface area contributed by atoms with Gasteiger partial charge < -0.3 is 19.3 Å². The summed E-state index contributed by atoms with van der Waals surface area (Å²) in [6.07, 6.45) is -4.92. The van der Waals surface area contributed by atoms with Crippen LogP contribution in [0.4, 0.5) is 13.2 Å². The molecule has 0 aliphatic carbocycles. The molecule has 3 aromatic rings. The molecule has 0 bridgehead atoms. The molecule has 10 nitrogen and oxygen atoms in total. The molecule has 13 heteroatoms. The third kappa shape index (κ3) is 3.78. The van der Waals surface area contributed by atoms with Crippen molar-refractivity contribution in [2.24, 2.45) is 0 Å². The van der Waals surface area contributed by atoms with Crippen molar-refractivity contribution >= 4 is 0 Å². The molecule has 0 aliphatic heterocycles. The number of H-pyrrole nitrogens is 1. The third-order valence-electron chi connectivity index (χ3n) is 3.58. The predicted octanol–water partition coefficient (Wildman–Crippen LogP) is 1.19. The van der Waals surface area contributed by atoms with Crippen molar-refractivity contribution in [2.45, 2.75) is 12.0 Å². The van der Waals surface area contributed by atoms with Crippen LogP contribution in [-0.2, 0) is 5.60 Å². The Morgan fingerprint density at radius 2 is 1.68 bits per heavy atom. The van der Waals surface area contributed by atoms with E-state index in [0.717, 1.165) is 12.1 Å². The molecule has 1 aromatic carbocycles. The average Bonchev–Trinajstić information content (AvgIpc) is 3.21. The summed E-state index contributed by atoms with van der Waals surface area (Å²) in [7, 11) is 2.66. The summed E-state index contributed by atoms with van der Waals surface area (Å²) in [5, 5.41) is 24.4. The van der Waals surface area contributed by atoms with Gasteiger partial charge >= 0.3 is 6.36 Å². The molecule has 0 fully saturated rings. The maximum absolute atomic E-state index is 12.6. The Morgan fingerprint density at radius 3 is 2.21 bits per heavy atom. The van der Waals surface area contributed by atoms with Crippen molar-refractivity contribution in [3.05, 3.63) is 47.5 Å². The highest BCUT2D eigenvalue weighted by molar-refractivity contribution is 5.42. The summed E-state index contributed by atoms with van der Waals surface area (Å²) in [4.78, 5) is 8.12. The quantitative estimate of drug-likeness (QED) is 0.629. The number of alkyl halides is 3. The zero-order chi connectivity index (χ0) is 20.4. The smallest absolute Gasteiger partial charge is 0.481 e. The van der Waals surface area contributed by atoms with Gasteiger partial charge in [-0.3, -0.25) is 0 Å². The molecule has 0 saturated carbocycles. The number of benzene rings is 1. The van der Waals surface area contributed by atoms with E-state index in [4.69, 9.17) is 9.47 Å². The SMILES string of the molecule is COc1cc(OC)nc(C(O)(c2cccc(OC(F)(F)F)c2)c2nn[nH]n2)n1. The Balaban J connectivity index is 2.20. The topological polar surface area (TPSA) is 128 Å². The van der Waals surface area contributed by atoms with E-state index in [9.17, 15) is 18.3 Å². The second-order valence-electron chi connectivity index (χ2n) is 5.30. The number of aliphatic hydroxyl groups is 1. The summed E-state index contributed by atoms with van der Waals surface area (Å²) in [5.74, 6) is -1.12. The molecule has 1 atom stereocenters. The molecule has 28 heavy (non-hydrogen) atoms. The third-order valence-corrected chi connectivity index (χ3v) is 3.58. The predicted molar refractivity (Wildman–Crippen MR) is 84.5 cm³/mol. The minimum Gasteiger partial charge on any atom is -0.481 e. The van der Waals surface area contributed by atoms with Crippen LogP contribution in [0.25, 0.3) is 0 Å². The lowest BCUT2D eigenvalue weighted by Gasteiger charge is -2.24. The fourth-order valence-corrected chi connectivity index (χ4v) is 2.37. The van der Waals surface area contributed by atoms with Crippen LogP contribution in [0.5, 0.6) is 17.5 Å². The number of hydrogen-bond acceptors (Lipinski definition) is 9. The van der Waals surface area contributed by atoms with Crippen LogP contribution in [0.1, 0.15) is 17.2 Å². The van der Waals surface area contributed by atoms with Crippen molar-refractivity contribution in [3.8, 4) is 17.5 Å². The lowest BCUT2D eigenvalue weighted by atomic mass is 9.91. The maximum Gasteiger partial charge on any atom is 0.573 e. The first-order chi connectivity index (χ1) is 13.3. The minimum absolute atomic E-state index is 0.0338. The lowest BCUT2D eigenvalue weighted by molar-refractivity contribution is -0.274. The average molecular weight is 398 g/mol. The first-order valence-corrected chi connectivity index (χ1v) is 7.56. The maximum atomic E-state index is 12.6. The molecule has 1 unspecified atom stereocenters. The van der Waals surface area contributed by atoms with E-state index >= 15 is 0 Å². The molecule has 0 aliphatic rings. The van der Waals surface area contributed by atoms with Crippen LogP contribution in [0, 0.1) is 0 Å².